The number of benzene rings is 1. The third-order valence-corrected chi connectivity index (χ3v) is 2.19. The third-order valence-electron chi connectivity index (χ3n) is 2.19. The van der Waals surface area contributed by atoms with Gasteiger partial charge in [-0.2, -0.15) is 0 Å². The first-order chi connectivity index (χ1) is 5.77. The van der Waals surface area contributed by atoms with Crippen LogP contribution in [0.4, 0.5) is 4.39 Å². The summed E-state index contributed by atoms with van der Waals surface area (Å²) in [4.78, 5) is 0. The van der Waals surface area contributed by atoms with E-state index >= 15 is 0 Å². The molecule has 0 saturated carbocycles. The van der Waals surface area contributed by atoms with Gasteiger partial charge in [0.1, 0.15) is 11.6 Å². The monoisotopic (exact) mass is 203 g/mol. The number of phenols is 1. The Morgan fingerprint density at radius 2 is 2.15 bits per heavy atom. The topological polar surface area (TPSA) is 32.3 Å². The van der Waals surface area contributed by atoms with Crippen LogP contribution in [0.1, 0.15) is 18.0 Å². The van der Waals surface area contributed by atoms with Crippen molar-refractivity contribution in [3.8, 4) is 5.75 Å². The van der Waals surface area contributed by atoms with Gasteiger partial charge in [-0.25, -0.2) is 4.39 Å². The zero-order valence-corrected chi connectivity index (χ0v) is 7.77. The maximum absolute atomic E-state index is 12.7. The van der Waals surface area contributed by atoms with E-state index in [1.807, 2.05) is 0 Å². The van der Waals surface area contributed by atoms with Gasteiger partial charge in [0, 0.05) is 11.6 Å². The van der Waals surface area contributed by atoms with Crippen LogP contribution in [0.2, 0.25) is 0 Å². The second-order valence-corrected chi connectivity index (χ2v) is 3.00. The second-order valence-electron chi connectivity index (χ2n) is 3.00. The van der Waals surface area contributed by atoms with E-state index in [1.54, 1.807) is 0 Å². The summed E-state index contributed by atoms with van der Waals surface area (Å²) in [5.41, 5.74) is 0.668. The summed E-state index contributed by atoms with van der Waals surface area (Å²) in [6, 6.07) is 4.18. The van der Waals surface area contributed by atoms with E-state index in [-0.39, 0.29) is 30.0 Å². The zero-order valence-electron chi connectivity index (χ0n) is 6.96. The molecule has 0 bridgehead atoms. The molecule has 1 aromatic rings. The summed E-state index contributed by atoms with van der Waals surface area (Å²) in [5.74, 6) is -0.120. The van der Waals surface area contributed by atoms with Gasteiger partial charge in [0.25, 0.3) is 0 Å². The third kappa shape index (κ3) is 1.92. The number of rotatable bonds is 1. The van der Waals surface area contributed by atoms with Gasteiger partial charge in [-0.1, -0.05) is 0 Å². The minimum Gasteiger partial charge on any atom is -0.508 e. The van der Waals surface area contributed by atoms with E-state index in [9.17, 15) is 9.50 Å². The molecule has 4 heteroatoms. The van der Waals surface area contributed by atoms with Gasteiger partial charge in [0.05, 0.1) is 0 Å². The molecule has 2 rings (SSSR count). The summed E-state index contributed by atoms with van der Waals surface area (Å²) in [6.07, 6.45) is 0.969. The van der Waals surface area contributed by atoms with Gasteiger partial charge < -0.3 is 10.4 Å². The number of phenolic OH excluding ortho intramolecular Hbond substituents is 1. The Labute approximate surface area is 82.2 Å². The highest BCUT2D eigenvalue weighted by atomic mass is 35.5. The molecule has 2 N–H and O–H groups in total. The minimum absolute atomic E-state index is 0. The highest BCUT2D eigenvalue weighted by Gasteiger charge is 2.21. The smallest absolute Gasteiger partial charge is 0.123 e. The Morgan fingerprint density at radius 1 is 1.46 bits per heavy atom. The van der Waals surface area contributed by atoms with Crippen LogP contribution in [0.25, 0.3) is 0 Å². The predicted molar refractivity (Wildman–Crippen MR) is 50.7 cm³/mol. The van der Waals surface area contributed by atoms with Gasteiger partial charge in [-0.15, -0.1) is 12.4 Å². The van der Waals surface area contributed by atoms with Crippen molar-refractivity contribution in [2.45, 2.75) is 12.5 Å². The molecule has 1 atom stereocenters. The normalized spacial score (nSPS) is 20.2. The van der Waals surface area contributed by atoms with Crippen molar-refractivity contribution in [1.82, 2.24) is 5.32 Å². The molecular formula is C9H11ClFNO. The molecule has 72 valence electrons. The minimum atomic E-state index is -0.295. The molecule has 1 heterocycles. The zero-order chi connectivity index (χ0) is 8.55. The summed E-state index contributed by atoms with van der Waals surface area (Å²) >= 11 is 0. The summed E-state index contributed by atoms with van der Waals surface area (Å²) in [6.45, 7) is 0.945. The van der Waals surface area contributed by atoms with Gasteiger partial charge >= 0.3 is 0 Å². The molecule has 1 aliphatic rings. The molecular weight excluding hydrogens is 193 g/mol. The summed E-state index contributed by atoms with van der Waals surface area (Å²) in [5, 5.41) is 12.5. The quantitative estimate of drug-likeness (QED) is 0.732. The fourth-order valence-corrected chi connectivity index (χ4v) is 1.36. The van der Waals surface area contributed by atoms with E-state index in [2.05, 4.69) is 5.32 Å². The molecule has 1 aromatic carbocycles. The van der Waals surface area contributed by atoms with Crippen molar-refractivity contribution >= 4 is 12.4 Å². The lowest BCUT2D eigenvalue weighted by atomic mass is 9.97. The largest absolute Gasteiger partial charge is 0.508 e. The molecule has 1 saturated heterocycles. The Kier molecular flexibility index (Phi) is 3.12. The van der Waals surface area contributed by atoms with Gasteiger partial charge in [0.15, 0.2) is 0 Å². The maximum atomic E-state index is 12.7. The number of hydrogen-bond donors (Lipinski definition) is 2. The Morgan fingerprint density at radius 3 is 2.69 bits per heavy atom. The van der Waals surface area contributed by atoms with E-state index in [1.165, 1.54) is 18.2 Å². The SMILES string of the molecule is Cl.Oc1ccc(F)cc1[C@@H]1CCN1. The Hall–Kier alpha value is -0.800. The van der Waals surface area contributed by atoms with Crippen LogP contribution in [0.3, 0.4) is 0 Å². The highest BCUT2D eigenvalue weighted by Crippen LogP contribution is 2.30. The van der Waals surface area contributed by atoms with Crippen molar-refractivity contribution < 1.29 is 9.50 Å². The van der Waals surface area contributed by atoms with E-state index in [4.69, 9.17) is 0 Å². The molecule has 0 radical (unpaired) electrons. The molecule has 0 spiro atoms. The molecule has 1 fully saturated rings. The number of nitrogens with one attached hydrogen (secondary N) is 1. The second kappa shape index (κ2) is 3.94. The lowest BCUT2D eigenvalue weighted by Gasteiger charge is -2.28. The summed E-state index contributed by atoms with van der Waals surface area (Å²) < 4.78 is 12.7. The van der Waals surface area contributed by atoms with Crippen molar-refractivity contribution in [3.05, 3.63) is 29.6 Å². The maximum Gasteiger partial charge on any atom is 0.123 e. The van der Waals surface area contributed by atoms with Crippen molar-refractivity contribution in [3.63, 3.8) is 0 Å². The number of halogens is 2. The van der Waals surface area contributed by atoms with Crippen LogP contribution < -0.4 is 5.32 Å². The molecule has 0 aromatic heterocycles. The van der Waals surface area contributed by atoms with Gasteiger partial charge in [-0.05, 0) is 31.2 Å². The van der Waals surface area contributed by atoms with Crippen LogP contribution in [-0.4, -0.2) is 11.7 Å². The van der Waals surface area contributed by atoms with Crippen LogP contribution in [0, 0.1) is 5.82 Å². The summed E-state index contributed by atoms with van der Waals surface area (Å²) in [7, 11) is 0. The average Bonchev–Trinajstić information content (AvgIpc) is 1.93. The van der Waals surface area contributed by atoms with E-state index in [0.717, 1.165) is 13.0 Å². The van der Waals surface area contributed by atoms with Gasteiger partial charge in [-0.3, -0.25) is 0 Å². The average molecular weight is 204 g/mol. The van der Waals surface area contributed by atoms with Crippen LogP contribution in [-0.2, 0) is 0 Å². The lowest BCUT2D eigenvalue weighted by molar-refractivity contribution is 0.362. The van der Waals surface area contributed by atoms with Crippen molar-refractivity contribution in [2.75, 3.05) is 6.54 Å². The van der Waals surface area contributed by atoms with E-state index < -0.39 is 0 Å². The Bertz CT molecular complexity index is 302. The molecule has 2 nitrogen and oxygen atoms in total. The first-order valence-electron chi connectivity index (χ1n) is 3.99. The highest BCUT2D eigenvalue weighted by molar-refractivity contribution is 5.85. The standard InChI is InChI=1S/C9H10FNO.ClH/c10-6-1-2-9(12)7(5-6)8-3-4-11-8;/h1-2,5,8,11-12H,3-4H2;1H/t8-;/m0./s1. The van der Waals surface area contributed by atoms with Gasteiger partial charge in [0.2, 0.25) is 0 Å². The molecule has 13 heavy (non-hydrogen) atoms. The first kappa shape index (κ1) is 10.3. The predicted octanol–water partition coefficient (Wildman–Crippen LogP) is 1.99. The first-order valence-corrected chi connectivity index (χ1v) is 3.99. The molecule has 0 amide bonds. The van der Waals surface area contributed by atoms with Crippen molar-refractivity contribution in [2.24, 2.45) is 0 Å². The van der Waals surface area contributed by atoms with E-state index in [0.29, 0.717) is 5.56 Å². The van der Waals surface area contributed by atoms with Crippen molar-refractivity contribution in [1.29, 1.82) is 0 Å². The van der Waals surface area contributed by atoms with Crippen LogP contribution in [0.5, 0.6) is 5.75 Å². The van der Waals surface area contributed by atoms with Crippen LogP contribution in [0.15, 0.2) is 18.2 Å². The fourth-order valence-electron chi connectivity index (χ4n) is 1.36. The molecule has 0 unspecified atom stereocenters. The number of hydrogen-bond acceptors (Lipinski definition) is 2. The Balaban J connectivity index is 0.000000845. The molecule has 1 aliphatic heterocycles. The fraction of sp³-hybridized carbons (Fsp3) is 0.333. The number of aromatic hydroxyl groups is 1. The molecule has 0 aliphatic carbocycles. The lowest BCUT2D eigenvalue weighted by Crippen LogP contribution is -2.34. The van der Waals surface area contributed by atoms with Crippen LogP contribution >= 0.6 is 12.4 Å².